The molecule has 26 heavy (non-hydrogen) atoms. The van der Waals surface area contributed by atoms with Crippen molar-refractivity contribution in [2.45, 2.75) is 0 Å². The minimum Gasteiger partial charge on any atom is -0.497 e. The molecule has 2 aromatic carbocycles. The molecule has 0 fully saturated rings. The van der Waals surface area contributed by atoms with Gasteiger partial charge in [0.15, 0.2) is 0 Å². The van der Waals surface area contributed by atoms with Gasteiger partial charge in [0.1, 0.15) is 12.3 Å². The van der Waals surface area contributed by atoms with Gasteiger partial charge in [0, 0.05) is 5.69 Å². The Morgan fingerprint density at radius 2 is 1.88 bits per heavy atom. The number of ether oxygens (including phenoxy) is 1. The molecule has 0 aliphatic carbocycles. The zero-order chi connectivity index (χ0) is 18.5. The first-order valence-corrected chi connectivity index (χ1v) is 7.95. The third kappa shape index (κ3) is 3.92. The number of urea groups is 1. The van der Waals surface area contributed by atoms with Crippen LogP contribution in [0.15, 0.2) is 48.5 Å². The van der Waals surface area contributed by atoms with Crippen molar-refractivity contribution < 1.29 is 19.1 Å². The van der Waals surface area contributed by atoms with E-state index in [1.165, 1.54) is 4.90 Å². The lowest BCUT2D eigenvalue weighted by Crippen LogP contribution is -2.48. The highest BCUT2D eigenvalue weighted by Gasteiger charge is 2.26. The van der Waals surface area contributed by atoms with E-state index in [1.54, 1.807) is 55.6 Å². The highest BCUT2D eigenvalue weighted by atomic mass is 16.5. The average Bonchev–Trinajstić information content (AvgIpc) is 2.66. The number of methoxy groups -OCH3 is 1. The molecular formula is C18H18N4O4. The predicted octanol–water partition coefficient (Wildman–Crippen LogP) is 1.80. The molecule has 1 heterocycles. The van der Waals surface area contributed by atoms with E-state index < -0.39 is 6.03 Å². The second kappa shape index (κ2) is 7.56. The number of hydrogen-bond acceptors (Lipinski definition) is 4. The van der Waals surface area contributed by atoms with Crippen LogP contribution in [0.4, 0.5) is 21.9 Å². The highest BCUT2D eigenvalue weighted by Crippen LogP contribution is 2.28. The standard InChI is InChI=1S/C18H18N4O4/c1-26-13-8-6-12(7-9-13)20-16(23)10-19-18(25)22-11-17(24)21-14-4-2-3-5-15(14)22/h2-9H,10-11H2,1H3,(H,19,25)(H,20,23)(H,21,24). The fourth-order valence-corrected chi connectivity index (χ4v) is 2.55. The maximum Gasteiger partial charge on any atom is 0.322 e. The summed E-state index contributed by atoms with van der Waals surface area (Å²) in [6.45, 7) is -0.325. The number of nitrogens with zero attached hydrogens (tertiary/aromatic N) is 1. The number of fused-ring (bicyclic) bond motifs is 1. The van der Waals surface area contributed by atoms with Crippen LogP contribution < -0.4 is 25.6 Å². The lowest BCUT2D eigenvalue weighted by Gasteiger charge is -2.29. The first-order valence-electron chi connectivity index (χ1n) is 7.95. The van der Waals surface area contributed by atoms with Gasteiger partial charge >= 0.3 is 6.03 Å². The Kier molecular flexibility index (Phi) is 5.02. The number of para-hydroxylation sites is 2. The smallest absolute Gasteiger partial charge is 0.322 e. The van der Waals surface area contributed by atoms with Gasteiger partial charge in [-0.1, -0.05) is 12.1 Å². The molecule has 8 heteroatoms. The minimum atomic E-state index is -0.516. The zero-order valence-corrected chi connectivity index (χ0v) is 14.1. The summed E-state index contributed by atoms with van der Waals surface area (Å²) in [6.07, 6.45) is 0. The number of nitrogens with one attached hydrogen (secondary N) is 3. The summed E-state index contributed by atoms with van der Waals surface area (Å²) in [7, 11) is 1.56. The van der Waals surface area contributed by atoms with Crippen molar-refractivity contribution in [3.63, 3.8) is 0 Å². The normalized spacial score (nSPS) is 12.7. The Balaban J connectivity index is 1.58. The van der Waals surface area contributed by atoms with E-state index in [9.17, 15) is 14.4 Å². The summed E-state index contributed by atoms with van der Waals surface area (Å²) >= 11 is 0. The Morgan fingerprint density at radius 1 is 1.15 bits per heavy atom. The third-order valence-electron chi connectivity index (χ3n) is 3.79. The van der Waals surface area contributed by atoms with Crippen LogP contribution in [0.2, 0.25) is 0 Å². The number of amides is 4. The van der Waals surface area contributed by atoms with Gasteiger partial charge in [-0.15, -0.1) is 0 Å². The number of anilines is 3. The maximum absolute atomic E-state index is 12.4. The fourth-order valence-electron chi connectivity index (χ4n) is 2.55. The second-order valence-electron chi connectivity index (χ2n) is 5.59. The third-order valence-corrected chi connectivity index (χ3v) is 3.79. The molecule has 0 unspecified atom stereocenters. The number of hydrogen-bond donors (Lipinski definition) is 3. The molecule has 2 aromatic rings. The van der Waals surface area contributed by atoms with E-state index in [2.05, 4.69) is 16.0 Å². The van der Waals surface area contributed by atoms with Gasteiger partial charge in [0.25, 0.3) is 0 Å². The molecule has 0 saturated heterocycles. The van der Waals surface area contributed by atoms with Crippen molar-refractivity contribution >= 4 is 34.9 Å². The van der Waals surface area contributed by atoms with Crippen LogP contribution in [0.25, 0.3) is 0 Å². The second-order valence-corrected chi connectivity index (χ2v) is 5.59. The van der Waals surface area contributed by atoms with Crippen molar-refractivity contribution in [2.24, 2.45) is 0 Å². The molecule has 0 atom stereocenters. The van der Waals surface area contributed by atoms with Crippen molar-refractivity contribution in [3.05, 3.63) is 48.5 Å². The summed E-state index contributed by atoms with van der Waals surface area (Å²) < 4.78 is 5.05. The maximum atomic E-state index is 12.4. The average molecular weight is 354 g/mol. The number of benzene rings is 2. The van der Waals surface area contributed by atoms with E-state index in [0.29, 0.717) is 22.8 Å². The Morgan fingerprint density at radius 3 is 2.62 bits per heavy atom. The highest BCUT2D eigenvalue weighted by molar-refractivity contribution is 6.10. The van der Waals surface area contributed by atoms with E-state index >= 15 is 0 Å². The predicted molar refractivity (Wildman–Crippen MR) is 97.4 cm³/mol. The van der Waals surface area contributed by atoms with Gasteiger partial charge < -0.3 is 20.7 Å². The van der Waals surface area contributed by atoms with Crippen molar-refractivity contribution in [3.8, 4) is 5.75 Å². The number of rotatable bonds is 4. The van der Waals surface area contributed by atoms with Crippen molar-refractivity contribution in [2.75, 3.05) is 35.7 Å². The molecule has 1 aliphatic heterocycles. The summed E-state index contributed by atoms with van der Waals surface area (Å²) in [4.78, 5) is 37.4. The van der Waals surface area contributed by atoms with E-state index in [4.69, 9.17) is 4.74 Å². The Labute approximate surface area is 150 Å². The quantitative estimate of drug-likeness (QED) is 0.779. The summed E-state index contributed by atoms with van der Waals surface area (Å²) in [5.41, 5.74) is 1.73. The molecule has 0 radical (unpaired) electrons. The summed E-state index contributed by atoms with van der Waals surface area (Å²) in [5, 5.41) is 7.90. The first-order chi connectivity index (χ1) is 12.6. The van der Waals surface area contributed by atoms with Crippen molar-refractivity contribution in [1.29, 1.82) is 0 Å². The van der Waals surface area contributed by atoms with Crippen LogP contribution in [0.1, 0.15) is 0 Å². The first kappa shape index (κ1) is 17.3. The van der Waals surface area contributed by atoms with Crippen LogP contribution >= 0.6 is 0 Å². The molecule has 3 N–H and O–H groups in total. The molecule has 0 saturated carbocycles. The number of carbonyl (C=O) groups excluding carboxylic acids is 3. The molecule has 0 aromatic heterocycles. The van der Waals surface area contributed by atoms with Crippen molar-refractivity contribution in [1.82, 2.24) is 5.32 Å². The SMILES string of the molecule is COc1ccc(NC(=O)CNC(=O)N2CC(=O)Nc3ccccc32)cc1. The molecule has 134 valence electrons. The molecule has 0 spiro atoms. The number of carbonyl (C=O) groups is 3. The molecule has 8 nitrogen and oxygen atoms in total. The molecular weight excluding hydrogens is 336 g/mol. The lowest BCUT2D eigenvalue weighted by atomic mass is 10.2. The topological polar surface area (TPSA) is 99.8 Å². The van der Waals surface area contributed by atoms with E-state index in [-0.39, 0.29) is 24.9 Å². The van der Waals surface area contributed by atoms with Gasteiger partial charge in [-0.2, -0.15) is 0 Å². The molecule has 1 aliphatic rings. The Hall–Kier alpha value is -3.55. The largest absolute Gasteiger partial charge is 0.497 e. The van der Waals surface area contributed by atoms with Crippen LogP contribution in [-0.4, -0.2) is 38.0 Å². The lowest BCUT2D eigenvalue weighted by molar-refractivity contribution is -0.115. The van der Waals surface area contributed by atoms with E-state index in [0.717, 1.165) is 0 Å². The summed E-state index contributed by atoms with van der Waals surface area (Å²) in [5.74, 6) is 0.0122. The van der Waals surface area contributed by atoms with E-state index in [1.807, 2.05) is 0 Å². The van der Waals surface area contributed by atoms with Crippen LogP contribution in [0.5, 0.6) is 5.75 Å². The van der Waals surface area contributed by atoms with Gasteiger partial charge in [0.05, 0.1) is 25.0 Å². The minimum absolute atomic E-state index is 0.108. The molecule has 4 amide bonds. The molecule has 3 rings (SSSR count). The van der Waals surface area contributed by atoms with Gasteiger partial charge in [0.2, 0.25) is 11.8 Å². The van der Waals surface area contributed by atoms with Gasteiger partial charge in [-0.05, 0) is 36.4 Å². The van der Waals surface area contributed by atoms with Gasteiger partial charge in [-0.3, -0.25) is 14.5 Å². The zero-order valence-electron chi connectivity index (χ0n) is 14.1. The van der Waals surface area contributed by atoms with Gasteiger partial charge in [-0.25, -0.2) is 4.79 Å². The van der Waals surface area contributed by atoms with Crippen LogP contribution in [-0.2, 0) is 9.59 Å². The fraction of sp³-hybridized carbons (Fsp3) is 0.167. The Bertz CT molecular complexity index is 835. The van der Waals surface area contributed by atoms with Crippen LogP contribution in [0.3, 0.4) is 0 Å². The van der Waals surface area contributed by atoms with Crippen LogP contribution in [0, 0.1) is 0 Å². The molecule has 0 bridgehead atoms. The summed E-state index contributed by atoms with van der Waals surface area (Å²) in [6, 6.07) is 13.3. The monoisotopic (exact) mass is 354 g/mol.